The molecule has 0 aliphatic carbocycles. The average Bonchev–Trinajstić information content (AvgIpc) is 3.50. The lowest BCUT2D eigenvalue weighted by Gasteiger charge is -2.40. The van der Waals surface area contributed by atoms with E-state index in [4.69, 9.17) is 11.0 Å². The second-order valence-corrected chi connectivity index (χ2v) is 14.3. The first-order chi connectivity index (χ1) is 30.2. The molecule has 3 saturated heterocycles. The second kappa shape index (κ2) is 15.7. The summed E-state index contributed by atoms with van der Waals surface area (Å²) in [5.41, 5.74) is 4.90. The zero-order chi connectivity index (χ0) is 46.1. The number of fused-ring (bicyclic) bond motifs is 1. The molecule has 4 aliphatic rings. The number of hydrogen-bond acceptors (Lipinski definition) is 9. The maximum absolute atomic E-state index is 13.6. The van der Waals surface area contributed by atoms with E-state index in [2.05, 4.69) is 17.1 Å². The second-order valence-electron chi connectivity index (χ2n) is 14.3. The number of nitrogens with one attached hydrogen (secondary N) is 1. The number of phenolic OH excluding ortho intramolecular Hbond substituents is 2. The highest BCUT2D eigenvalue weighted by molar-refractivity contribution is 6.23. The van der Waals surface area contributed by atoms with Crippen molar-refractivity contribution >= 4 is 46.1 Å². The standard InChI is InChI=1S/C45H47N5O6/c1-2-37(30-5-12-35(51)13-6-30)42(32-7-14-36(52)15-8-32)31-3-9-33(10-4-31)48-21-19-29(20-22-48)28-47-23-25-49(26-24-47)34-11-16-38-39(27-34)45(56)50(44(38)55)40-17-18-41(53)46-43(40)54/h3-16,27,29,40,51-52H,2,17-26,28H2,1H3,(H,46,53,54)/i23D2,24D2,25D2,26D2. The fourth-order valence-electron chi connectivity index (χ4n) is 7.90. The third-order valence-corrected chi connectivity index (χ3v) is 10.9. The Hall–Kier alpha value is -5.94. The molecule has 11 heteroatoms. The lowest BCUT2D eigenvalue weighted by Crippen LogP contribution is -2.54. The number of piperazine rings is 1. The van der Waals surface area contributed by atoms with E-state index in [-0.39, 0.29) is 53.6 Å². The Morgan fingerprint density at radius 2 is 1.27 bits per heavy atom. The number of amides is 4. The average molecular weight is 762 g/mol. The van der Waals surface area contributed by atoms with Crippen LogP contribution in [0.3, 0.4) is 0 Å². The molecule has 56 heavy (non-hydrogen) atoms. The topological polar surface area (TPSA) is 134 Å². The number of benzene rings is 4. The van der Waals surface area contributed by atoms with Crippen LogP contribution < -0.4 is 15.1 Å². The highest BCUT2D eigenvalue weighted by Crippen LogP contribution is 2.37. The number of allylic oxidation sites excluding steroid dienone is 1. The van der Waals surface area contributed by atoms with Crippen molar-refractivity contribution in [3.63, 3.8) is 0 Å². The number of carbonyl (C=O) groups excluding carboxylic acids is 4. The minimum Gasteiger partial charge on any atom is -0.508 e. The van der Waals surface area contributed by atoms with E-state index >= 15 is 0 Å². The van der Waals surface area contributed by atoms with Gasteiger partial charge < -0.3 is 20.0 Å². The van der Waals surface area contributed by atoms with Crippen molar-refractivity contribution in [2.45, 2.75) is 45.1 Å². The van der Waals surface area contributed by atoms with E-state index < -0.39 is 55.7 Å². The van der Waals surface area contributed by atoms with Crippen molar-refractivity contribution in [3.8, 4) is 11.5 Å². The molecule has 4 aliphatic heterocycles. The Balaban J connectivity index is 0.995. The predicted octanol–water partition coefficient (Wildman–Crippen LogP) is 5.91. The lowest BCUT2D eigenvalue weighted by atomic mass is 9.88. The first-order valence-corrected chi connectivity index (χ1v) is 18.8. The summed E-state index contributed by atoms with van der Waals surface area (Å²) in [7, 11) is 0. The fourth-order valence-corrected chi connectivity index (χ4v) is 7.90. The molecular weight excluding hydrogens is 707 g/mol. The molecule has 0 radical (unpaired) electrons. The van der Waals surface area contributed by atoms with Crippen LogP contribution in [0.4, 0.5) is 11.4 Å². The van der Waals surface area contributed by atoms with Gasteiger partial charge in [0.2, 0.25) is 11.8 Å². The van der Waals surface area contributed by atoms with Crippen LogP contribution >= 0.6 is 0 Å². The molecule has 4 aromatic rings. The number of aromatic hydroxyl groups is 2. The highest BCUT2D eigenvalue weighted by atomic mass is 16.3. The summed E-state index contributed by atoms with van der Waals surface area (Å²) in [6, 6.07) is 24.1. The van der Waals surface area contributed by atoms with Gasteiger partial charge in [0, 0.05) is 68.9 Å². The van der Waals surface area contributed by atoms with Gasteiger partial charge in [0.25, 0.3) is 11.8 Å². The number of nitrogens with zero attached hydrogens (tertiary/aromatic N) is 4. The molecular formula is C45H47N5O6. The molecule has 0 bridgehead atoms. The van der Waals surface area contributed by atoms with Crippen molar-refractivity contribution in [1.82, 2.24) is 15.1 Å². The molecule has 0 saturated carbocycles. The molecule has 8 rings (SSSR count). The molecule has 1 unspecified atom stereocenters. The van der Waals surface area contributed by atoms with E-state index in [1.54, 1.807) is 24.3 Å². The highest BCUT2D eigenvalue weighted by Gasteiger charge is 2.45. The number of anilines is 2. The normalized spacial score (nSPS) is 25.7. The van der Waals surface area contributed by atoms with Crippen molar-refractivity contribution in [2.75, 3.05) is 55.4 Å². The van der Waals surface area contributed by atoms with E-state index in [0.717, 1.165) is 51.7 Å². The van der Waals surface area contributed by atoms with Gasteiger partial charge in [-0.1, -0.05) is 43.3 Å². The van der Waals surface area contributed by atoms with Gasteiger partial charge >= 0.3 is 0 Å². The Labute approximate surface area is 338 Å². The molecule has 1 atom stereocenters. The fraction of sp³-hybridized carbons (Fsp3) is 0.333. The monoisotopic (exact) mass is 761 g/mol. The van der Waals surface area contributed by atoms with Crippen LogP contribution in [0.5, 0.6) is 11.5 Å². The zero-order valence-corrected chi connectivity index (χ0v) is 30.8. The molecule has 3 fully saturated rings. The summed E-state index contributed by atoms with van der Waals surface area (Å²) in [6.45, 7) is -9.88. The van der Waals surface area contributed by atoms with Gasteiger partial charge in [-0.05, 0) is 114 Å². The third-order valence-electron chi connectivity index (χ3n) is 10.9. The Bertz CT molecular complexity index is 2520. The lowest BCUT2D eigenvalue weighted by molar-refractivity contribution is -0.136. The van der Waals surface area contributed by atoms with E-state index in [0.29, 0.717) is 47.1 Å². The van der Waals surface area contributed by atoms with Gasteiger partial charge in [0.15, 0.2) is 0 Å². The molecule has 4 heterocycles. The number of carbonyl (C=O) groups is 4. The van der Waals surface area contributed by atoms with Crippen molar-refractivity contribution < 1.29 is 40.4 Å². The maximum atomic E-state index is 13.6. The zero-order valence-electron chi connectivity index (χ0n) is 38.8. The SMILES string of the molecule is [2H]C1([2H])N(CC2CCN(c3ccc(C(=C(CC)c4ccc(O)cc4)c4ccc(O)cc4)cc3)CC2)C([2H])([2H])C([2H])([2H])N(c2ccc3c(c2)C(=O)N(C2CCC(=O)NC2=O)C3=O)C1([2H])[2H]. The molecule has 11 nitrogen and oxygen atoms in total. The molecule has 0 spiro atoms. The minimum absolute atomic E-state index is 0.103. The first-order valence-electron chi connectivity index (χ1n) is 22.8. The van der Waals surface area contributed by atoms with Crippen molar-refractivity contribution in [1.29, 1.82) is 0 Å². The minimum atomic E-state index is -3.22. The molecule has 3 N–H and O–H groups in total. The molecule has 288 valence electrons. The smallest absolute Gasteiger partial charge is 0.262 e. The van der Waals surface area contributed by atoms with E-state index in [9.17, 15) is 29.4 Å². The van der Waals surface area contributed by atoms with Crippen LogP contribution in [0, 0.1) is 5.92 Å². The van der Waals surface area contributed by atoms with E-state index in [1.165, 1.54) is 0 Å². The predicted molar refractivity (Wildman–Crippen MR) is 216 cm³/mol. The molecule has 4 aromatic carbocycles. The van der Waals surface area contributed by atoms with Gasteiger partial charge in [-0.2, -0.15) is 0 Å². The largest absolute Gasteiger partial charge is 0.508 e. The van der Waals surface area contributed by atoms with Crippen LogP contribution in [-0.4, -0.2) is 95.3 Å². The Morgan fingerprint density at radius 3 is 1.88 bits per heavy atom. The quantitative estimate of drug-likeness (QED) is 0.141. The van der Waals surface area contributed by atoms with Gasteiger partial charge in [-0.15, -0.1) is 0 Å². The van der Waals surface area contributed by atoms with Crippen molar-refractivity contribution in [2.24, 2.45) is 5.92 Å². The maximum Gasteiger partial charge on any atom is 0.262 e. The van der Waals surface area contributed by atoms with Gasteiger partial charge in [0.05, 0.1) is 16.6 Å². The number of rotatable bonds is 9. The van der Waals surface area contributed by atoms with Crippen LogP contribution in [-0.2, 0) is 9.59 Å². The number of hydrogen-bond donors (Lipinski definition) is 3. The summed E-state index contributed by atoms with van der Waals surface area (Å²) in [6.07, 6.45) is 1.43. The van der Waals surface area contributed by atoms with Crippen LogP contribution in [0.15, 0.2) is 91.0 Å². The van der Waals surface area contributed by atoms with Gasteiger partial charge in [-0.3, -0.25) is 34.3 Å². The summed E-state index contributed by atoms with van der Waals surface area (Å²) >= 11 is 0. The van der Waals surface area contributed by atoms with Gasteiger partial charge in [0.1, 0.15) is 17.5 Å². The Morgan fingerprint density at radius 1 is 0.696 bits per heavy atom. The summed E-state index contributed by atoms with van der Waals surface area (Å²) in [5.74, 6) is -3.18. The summed E-state index contributed by atoms with van der Waals surface area (Å²) < 4.78 is 72.7. The molecule has 0 aromatic heterocycles. The molecule has 4 amide bonds. The number of piperidine rings is 2. The number of imide groups is 2. The van der Waals surface area contributed by atoms with Gasteiger partial charge in [-0.25, -0.2) is 0 Å². The van der Waals surface area contributed by atoms with Crippen LogP contribution in [0.25, 0.3) is 11.1 Å². The van der Waals surface area contributed by atoms with E-state index in [1.807, 2.05) is 48.5 Å². The van der Waals surface area contributed by atoms with Crippen LogP contribution in [0.2, 0.25) is 0 Å². The first kappa shape index (κ1) is 28.5. The summed E-state index contributed by atoms with van der Waals surface area (Å²) in [5, 5.41) is 22.1. The van der Waals surface area contributed by atoms with Crippen LogP contribution in [0.1, 0.15) is 87.4 Å². The third kappa shape index (κ3) is 7.38. The number of phenols is 2. The Kier molecular flexibility index (Phi) is 7.96. The summed E-state index contributed by atoms with van der Waals surface area (Å²) in [4.78, 5) is 55.1. The van der Waals surface area contributed by atoms with Crippen molar-refractivity contribution in [3.05, 3.63) is 119 Å².